The van der Waals surface area contributed by atoms with Gasteiger partial charge in [-0.05, 0) is 180 Å². The van der Waals surface area contributed by atoms with Gasteiger partial charge < -0.3 is 33.8 Å². The standard InChI is InChI=1S/C93H144O17P2/c1-5-9-13-17-21-25-29-33-37-40-43-46-50-53-57-61-65-69-73-77-90(95)103-83-88(109-92(97)79-75-71-67-63-59-55-49-36-32-28-24-20-16-12-8-4)85-107-111(99,100)105-81-87(94)82-106-112(101,102)108-86-89(110-93(98)80-76-72-68-64-60-56-52-48-45-42-39-35-31-27-23-19-15-11-7-3)84-104-91(96)78-74-70-66-62-58-54-51-47-44-41-38-34-30-26-22-18-14-10-6-2/h9-10,12-14,16,21-28,33-39,43-49,53-54,57-59,63,65-66,69-70,87-89,94H,5-8,11,15,17-20,29-32,40-42,50-52,55-56,60-62,64,67-68,71-86H2,1-4H3,(H,99,100)(H,101,102)/b13-9-,14-10-,16-12-,25-21-,26-22-,27-23-,28-24-,37-33-,38-34-,39-35-,46-43-,47-44-,48-45-,49-36-,57-53-,58-54-,63-59-,69-65-,70-66-. The molecule has 0 amide bonds. The number of hydrogen-bond donors (Lipinski definition) is 3. The molecule has 0 spiro atoms. The summed E-state index contributed by atoms with van der Waals surface area (Å²) in [4.78, 5) is 73.1. The molecule has 0 bridgehead atoms. The number of esters is 4. The lowest BCUT2D eigenvalue weighted by Crippen LogP contribution is -2.30. The smallest absolute Gasteiger partial charge is 0.462 e. The molecular weight excluding hydrogens is 1450 g/mol. The zero-order chi connectivity index (χ0) is 81.7. The van der Waals surface area contributed by atoms with Gasteiger partial charge in [-0.2, -0.15) is 0 Å². The fraction of sp³-hybridized carbons (Fsp3) is 0.548. The second kappa shape index (κ2) is 82.1. The van der Waals surface area contributed by atoms with Crippen molar-refractivity contribution in [2.24, 2.45) is 0 Å². The van der Waals surface area contributed by atoms with Crippen molar-refractivity contribution < 1.29 is 80.2 Å². The van der Waals surface area contributed by atoms with Crippen molar-refractivity contribution in [2.75, 3.05) is 39.6 Å². The first-order valence-corrected chi connectivity index (χ1v) is 44.6. The van der Waals surface area contributed by atoms with Crippen LogP contribution in [0.25, 0.3) is 0 Å². The zero-order valence-corrected chi connectivity index (χ0v) is 70.5. The number of hydrogen-bond acceptors (Lipinski definition) is 15. The maximum absolute atomic E-state index is 13.1. The number of allylic oxidation sites excluding steroid dienone is 38. The molecule has 0 aromatic carbocycles. The molecule has 112 heavy (non-hydrogen) atoms. The maximum Gasteiger partial charge on any atom is 0.472 e. The lowest BCUT2D eigenvalue weighted by atomic mass is 10.1. The summed E-state index contributed by atoms with van der Waals surface area (Å²) in [5, 5.41) is 10.7. The summed E-state index contributed by atoms with van der Waals surface area (Å²) in [6, 6.07) is 0. The number of ether oxygens (including phenoxy) is 4. The summed E-state index contributed by atoms with van der Waals surface area (Å²) in [5.41, 5.74) is 0. The van der Waals surface area contributed by atoms with E-state index in [1.807, 2.05) is 42.5 Å². The highest BCUT2D eigenvalue weighted by Crippen LogP contribution is 2.45. The maximum atomic E-state index is 13.1. The van der Waals surface area contributed by atoms with E-state index in [2.05, 4.69) is 216 Å². The van der Waals surface area contributed by atoms with Gasteiger partial charge in [0.2, 0.25) is 0 Å². The molecule has 0 rings (SSSR count). The van der Waals surface area contributed by atoms with Crippen LogP contribution in [0.4, 0.5) is 0 Å². The second-order valence-electron chi connectivity index (χ2n) is 26.6. The molecule has 0 aromatic heterocycles. The summed E-state index contributed by atoms with van der Waals surface area (Å²) < 4.78 is 68.5. The predicted molar refractivity (Wildman–Crippen MR) is 463 cm³/mol. The SMILES string of the molecule is CC/C=C\C/C=C\C/C=C\C/C=C\C/C=C\C/C=C\CCC(=O)OCC(COP(=O)(O)OCC(O)COP(=O)(O)OCC(COC(=O)CC/C=C\C/C=C\C/C=C\C/C=C\C/C=C\C/C=C\CC)OC(=O)CCCCCCCC/C=C\C/C=C\C/C=C\CCCCC)OC(=O)CCCC/C=C\C/C=C\C/C=C\C/C=C\CC. The van der Waals surface area contributed by atoms with Crippen molar-refractivity contribution in [1.82, 2.24) is 0 Å². The Morgan fingerprint density at radius 3 is 0.768 bits per heavy atom. The van der Waals surface area contributed by atoms with Gasteiger partial charge in [-0.3, -0.25) is 37.3 Å². The third-order valence-electron chi connectivity index (χ3n) is 16.1. The summed E-state index contributed by atoms with van der Waals surface area (Å²) in [7, 11) is -10.1. The third-order valence-corrected chi connectivity index (χ3v) is 18.0. The van der Waals surface area contributed by atoms with Gasteiger partial charge in [0.25, 0.3) is 0 Å². The topological polar surface area (TPSA) is 237 Å². The Morgan fingerprint density at radius 1 is 0.259 bits per heavy atom. The van der Waals surface area contributed by atoms with Gasteiger partial charge in [0.15, 0.2) is 12.2 Å². The first kappa shape index (κ1) is 105. The molecule has 0 fully saturated rings. The highest BCUT2D eigenvalue weighted by Gasteiger charge is 2.30. The van der Waals surface area contributed by atoms with Crippen LogP contribution >= 0.6 is 15.6 Å². The lowest BCUT2D eigenvalue weighted by molar-refractivity contribution is -0.161. The summed E-state index contributed by atoms with van der Waals surface area (Å²) in [6.45, 7) is 4.23. The van der Waals surface area contributed by atoms with Crippen molar-refractivity contribution in [3.05, 3.63) is 231 Å². The van der Waals surface area contributed by atoms with Crippen LogP contribution < -0.4 is 0 Å². The summed E-state index contributed by atoms with van der Waals surface area (Å²) in [6.07, 6.45) is 106. The van der Waals surface area contributed by atoms with Gasteiger partial charge in [-0.15, -0.1) is 0 Å². The molecule has 5 atom stereocenters. The number of phosphoric acid groups is 2. The Hall–Kier alpha value is -6.88. The molecule has 0 radical (unpaired) electrons. The van der Waals surface area contributed by atoms with E-state index in [-0.39, 0.29) is 25.7 Å². The minimum absolute atomic E-state index is 0.0144. The van der Waals surface area contributed by atoms with Gasteiger partial charge >= 0.3 is 39.5 Å². The molecule has 0 aliphatic heterocycles. The second-order valence-corrected chi connectivity index (χ2v) is 29.5. The number of rotatable bonds is 75. The number of unbranched alkanes of at least 4 members (excludes halogenated alkanes) is 11. The minimum atomic E-state index is -5.03. The van der Waals surface area contributed by atoms with E-state index < -0.39 is 97.5 Å². The van der Waals surface area contributed by atoms with Gasteiger partial charge in [0.1, 0.15) is 19.3 Å². The zero-order valence-electron chi connectivity index (χ0n) is 68.7. The minimum Gasteiger partial charge on any atom is -0.462 e. The van der Waals surface area contributed by atoms with E-state index in [4.69, 9.17) is 37.0 Å². The lowest BCUT2D eigenvalue weighted by Gasteiger charge is -2.21. The molecule has 17 nitrogen and oxygen atoms in total. The van der Waals surface area contributed by atoms with Crippen LogP contribution in [0.5, 0.6) is 0 Å². The van der Waals surface area contributed by atoms with Crippen molar-refractivity contribution >= 4 is 39.5 Å². The predicted octanol–water partition coefficient (Wildman–Crippen LogP) is 25.0. The highest BCUT2D eigenvalue weighted by molar-refractivity contribution is 7.47. The first-order chi connectivity index (χ1) is 54.7. The van der Waals surface area contributed by atoms with Crippen LogP contribution in [0.1, 0.15) is 272 Å². The van der Waals surface area contributed by atoms with Crippen LogP contribution in [0.15, 0.2) is 231 Å². The van der Waals surface area contributed by atoms with E-state index in [0.29, 0.717) is 44.9 Å². The average Bonchev–Trinajstić information content (AvgIpc) is 0.898. The first-order valence-electron chi connectivity index (χ1n) is 41.6. The molecule has 0 heterocycles. The van der Waals surface area contributed by atoms with Gasteiger partial charge in [0, 0.05) is 25.7 Å². The molecule has 5 unspecified atom stereocenters. The molecule has 0 aliphatic rings. The molecule has 0 aromatic rings. The average molecular weight is 1600 g/mol. The van der Waals surface area contributed by atoms with Crippen molar-refractivity contribution in [3.63, 3.8) is 0 Å². The Kier molecular flexibility index (Phi) is 77.1. The van der Waals surface area contributed by atoms with E-state index in [9.17, 15) is 43.2 Å². The van der Waals surface area contributed by atoms with Gasteiger partial charge in [-0.1, -0.05) is 297 Å². The molecule has 628 valence electrons. The largest absolute Gasteiger partial charge is 0.472 e. The number of aliphatic hydroxyl groups is 1. The quantitative estimate of drug-likeness (QED) is 0.0169. The number of carbonyl (C=O) groups excluding carboxylic acids is 4. The number of carbonyl (C=O) groups is 4. The van der Waals surface area contributed by atoms with Crippen molar-refractivity contribution in [1.29, 1.82) is 0 Å². The van der Waals surface area contributed by atoms with Crippen LogP contribution in [0.2, 0.25) is 0 Å². The summed E-state index contributed by atoms with van der Waals surface area (Å²) >= 11 is 0. The molecular formula is C93H144O17P2. The highest BCUT2D eigenvalue weighted by atomic mass is 31.2. The molecule has 0 saturated carbocycles. The van der Waals surface area contributed by atoms with Crippen molar-refractivity contribution in [3.8, 4) is 0 Å². The Morgan fingerprint density at radius 2 is 0.482 bits per heavy atom. The molecule has 0 aliphatic carbocycles. The van der Waals surface area contributed by atoms with Crippen molar-refractivity contribution in [2.45, 2.75) is 290 Å². The normalized spacial score (nSPS) is 15.0. The Labute approximate surface area is 676 Å². The van der Waals surface area contributed by atoms with Gasteiger partial charge in [-0.25, -0.2) is 9.13 Å². The van der Waals surface area contributed by atoms with Crippen LogP contribution in [-0.2, 0) is 65.4 Å². The van der Waals surface area contributed by atoms with E-state index in [1.54, 1.807) is 0 Å². The fourth-order valence-electron chi connectivity index (χ4n) is 9.92. The molecule has 0 saturated heterocycles. The third kappa shape index (κ3) is 81.1. The van der Waals surface area contributed by atoms with Crippen LogP contribution in [-0.4, -0.2) is 96.7 Å². The fourth-order valence-corrected chi connectivity index (χ4v) is 11.5. The molecule has 19 heteroatoms. The van der Waals surface area contributed by atoms with Crippen LogP contribution in [0.3, 0.4) is 0 Å². The Balaban J connectivity index is 5.59. The summed E-state index contributed by atoms with van der Waals surface area (Å²) in [5.74, 6) is -2.46. The van der Waals surface area contributed by atoms with Crippen LogP contribution in [0, 0.1) is 0 Å². The van der Waals surface area contributed by atoms with E-state index in [1.165, 1.54) is 19.3 Å². The monoisotopic (exact) mass is 1590 g/mol. The number of aliphatic hydroxyl groups excluding tert-OH is 1. The van der Waals surface area contributed by atoms with E-state index in [0.717, 1.165) is 154 Å². The number of phosphoric ester groups is 2. The van der Waals surface area contributed by atoms with E-state index >= 15 is 0 Å². The Bertz CT molecular complexity index is 3040. The van der Waals surface area contributed by atoms with Gasteiger partial charge in [0.05, 0.1) is 26.4 Å². The molecule has 3 N–H and O–H groups in total.